The quantitative estimate of drug-likeness (QED) is 0.895. The number of amides is 1. The number of nitrogens with one attached hydrogen (secondary N) is 1. The van der Waals surface area contributed by atoms with E-state index in [1.54, 1.807) is 13.3 Å². The maximum absolute atomic E-state index is 12.9. The number of ether oxygens (including phenoxy) is 1. The summed E-state index contributed by atoms with van der Waals surface area (Å²) in [7, 11) is 3.59. The third kappa shape index (κ3) is 3.46. The number of hydrogen-bond acceptors (Lipinski definition) is 4. The molecule has 0 radical (unpaired) electrons. The highest BCUT2D eigenvalue weighted by Crippen LogP contribution is 2.29. The Kier molecular flexibility index (Phi) is 4.68. The van der Waals surface area contributed by atoms with Gasteiger partial charge in [-0.25, -0.2) is 0 Å². The number of piperidine rings is 1. The molecule has 2 fully saturated rings. The van der Waals surface area contributed by atoms with E-state index in [1.165, 1.54) is 12.8 Å². The smallest absolute Gasteiger partial charge is 0.257 e. The molecule has 2 aliphatic rings. The maximum atomic E-state index is 12.9. The Morgan fingerprint density at radius 1 is 1.27 bits per heavy atom. The van der Waals surface area contributed by atoms with Gasteiger partial charge in [0.2, 0.25) is 0 Å². The number of carbonyl (C=O) groups excluding carboxylic acids is 1. The lowest BCUT2D eigenvalue weighted by atomic mass is 9.98. The summed E-state index contributed by atoms with van der Waals surface area (Å²) < 4.78 is 7.00. The van der Waals surface area contributed by atoms with Crippen molar-refractivity contribution in [2.45, 2.75) is 50.4 Å². The zero-order valence-corrected chi connectivity index (χ0v) is 15.4. The number of fused-ring (bicyclic) bond motifs is 2. The Morgan fingerprint density at radius 3 is 2.62 bits per heavy atom. The minimum absolute atomic E-state index is 0.0669. The van der Waals surface area contributed by atoms with Gasteiger partial charge in [-0.05, 0) is 43.4 Å². The first-order valence-corrected chi connectivity index (χ1v) is 9.31. The molecule has 26 heavy (non-hydrogen) atoms. The maximum Gasteiger partial charge on any atom is 0.257 e. The second kappa shape index (κ2) is 7.11. The average molecular weight is 354 g/mol. The van der Waals surface area contributed by atoms with E-state index in [0.29, 0.717) is 30.2 Å². The number of nitrogens with zero attached hydrogens (tertiary/aromatic N) is 3. The van der Waals surface area contributed by atoms with Gasteiger partial charge in [0, 0.05) is 31.4 Å². The number of benzene rings is 1. The summed E-state index contributed by atoms with van der Waals surface area (Å²) in [6.45, 7) is 0.637. The van der Waals surface area contributed by atoms with Gasteiger partial charge in [0.1, 0.15) is 5.75 Å². The zero-order valence-electron chi connectivity index (χ0n) is 15.4. The van der Waals surface area contributed by atoms with Crippen molar-refractivity contribution < 1.29 is 9.53 Å². The van der Waals surface area contributed by atoms with Gasteiger partial charge >= 0.3 is 0 Å². The number of rotatable bonds is 5. The minimum Gasteiger partial charge on any atom is -0.497 e. The lowest BCUT2D eigenvalue weighted by Crippen LogP contribution is -2.48. The summed E-state index contributed by atoms with van der Waals surface area (Å²) in [6.07, 6.45) is 8.11. The molecule has 0 saturated carbocycles. The van der Waals surface area contributed by atoms with Crippen LogP contribution in [-0.4, -0.2) is 52.9 Å². The Hall–Kier alpha value is -2.34. The molecule has 2 atom stereocenters. The van der Waals surface area contributed by atoms with E-state index in [4.69, 9.17) is 4.74 Å². The third-order valence-electron chi connectivity index (χ3n) is 5.70. The lowest BCUT2D eigenvalue weighted by molar-refractivity contribution is 0.0681. The largest absolute Gasteiger partial charge is 0.497 e. The van der Waals surface area contributed by atoms with Crippen molar-refractivity contribution in [1.29, 1.82) is 0 Å². The molecule has 1 aromatic carbocycles. The predicted molar refractivity (Wildman–Crippen MR) is 99.4 cm³/mol. The van der Waals surface area contributed by atoms with Crippen LogP contribution in [0.15, 0.2) is 36.7 Å². The van der Waals surface area contributed by atoms with Crippen LogP contribution in [0.3, 0.4) is 0 Å². The van der Waals surface area contributed by atoms with Crippen molar-refractivity contribution in [3.05, 3.63) is 47.8 Å². The molecule has 1 amide bonds. The first kappa shape index (κ1) is 17.1. The second-order valence-electron chi connectivity index (χ2n) is 7.45. The Bertz CT molecular complexity index is 758. The lowest BCUT2D eigenvalue weighted by Gasteiger charge is -2.35. The Morgan fingerprint density at radius 2 is 1.96 bits per heavy atom. The number of methoxy groups -OCH3 is 1. The van der Waals surface area contributed by atoms with Crippen LogP contribution in [0.2, 0.25) is 0 Å². The van der Waals surface area contributed by atoms with Crippen molar-refractivity contribution in [1.82, 2.24) is 20.0 Å². The highest BCUT2D eigenvalue weighted by atomic mass is 16.5. The van der Waals surface area contributed by atoms with Crippen LogP contribution in [-0.2, 0) is 6.54 Å². The highest BCUT2D eigenvalue weighted by molar-refractivity contribution is 5.93. The molecule has 1 aromatic heterocycles. The average Bonchev–Trinajstić information content (AvgIpc) is 3.27. The van der Waals surface area contributed by atoms with Gasteiger partial charge in [-0.1, -0.05) is 12.1 Å². The normalized spacial score (nSPS) is 24.5. The molecule has 6 heteroatoms. The first-order valence-electron chi connectivity index (χ1n) is 9.31. The van der Waals surface area contributed by atoms with Gasteiger partial charge in [0.05, 0.1) is 25.4 Å². The topological polar surface area (TPSA) is 59.4 Å². The third-order valence-corrected chi connectivity index (χ3v) is 5.70. The molecule has 138 valence electrons. The molecule has 2 aliphatic heterocycles. The van der Waals surface area contributed by atoms with E-state index in [-0.39, 0.29) is 5.91 Å². The molecule has 1 N–H and O–H groups in total. The fraction of sp³-hybridized carbons (Fsp3) is 0.500. The van der Waals surface area contributed by atoms with E-state index in [2.05, 4.69) is 10.4 Å². The van der Waals surface area contributed by atoms with Gasteiger partial charge in [0.15, 0.2) is 0 Å². The number of hydrogen-bond donors (Lipinski definition) is 1. The first-order chi connectivity index (χ1) is 12.6. The van der Waals surface area contributed by atoms with Crippen LogP contribution in [0.1, 0.15) is 41.6 Å². The molecule has 0 aliphatic carbocycles. The SMILES string of the molecule is COc1ccc(Cn2cc(C(=O)N(C)C3CC4CCC(C3)N4)cn2)cc1. The summed E-state index contributed by atoms with van der Waals surface area (Å²) in [5, 5.41) is 8.00. The summed E-state index contributed by atoms with van der Waals surface area (Å²) in [5.41, 5.74) is 1.78. The van der Waals surface area contributed by atoms with Crippen LogP contribution >= 0.6 is 0 Å². The van der Waals surface area contributed by atoms with Crippen LogP contribution in [0.4, 0.5) is 0 Å². The van der Waals surface area contributed by atoms with Crippen LogP contribution in [0.25, 0.3) is 0 Å². The zero-order chi connectivity index (χ0) is 18.1. The summed E-state index contributed by atoms with van der Waals surface area (Å²) >= 11 is 0. The van der Waals surface area contributed by atoms with E-state index < -0.39 is 0 Å². The van der Waals surface area contributed by atoms with E-state index in [9.17, 15) is 4.79 Å². The van der Waals surface area contributed by atoms with Crippen molar-refractivity contribution in [2.75, 3.05) is 14.2 Å². The summed E-state index contributed by atoms with van der Waals surface area (Å²) in [4.78, 5) is 14.8. The van der Waals surface area contributed by atoms with Gasteiger partial charge < -0.3 is 15.0 Å². The fourth-order valence-electron chi connectivity index (χ4n) is 4.19. The molecule has 2 saturated heterocycles. The number of carbonyl (C=O) groups is 1. The number of aromatic nitrogens is 2. The summed E-state index contributed by atoms with van der Waals surface area (Å²) in [6, 6.07) is 9.37. The van der Waals surface area contributed by atoms with Crippen LogP contribution < -0.4 is 10.1 Å². The fourth-order valence-corrected chi connectivity index (χ4v) is 4.19. The van der Waals surface area contributed by atoms with Crippen molar-refractivity contribution in [3.8, 4) is 5.75 Å². The molecular formula is C20H26N4O2. The highest BCUT2D eigenvalue weighted by Gasteiger charge is 2.36. The standard InChI is InChI=1S/C20H26N4O2/c1-23(18-9-16-5-6-17(10-18)22-16)20(25)15-11-21-24(13-15)12-14-3-7-19(26-2)8-4-14/h3-4,7-8,11,13,16-18,22H,5-6,9-10,12H2,1-2H3. The molecular weight excluding hydrogens is 328 g/mol. The van der Waals surface area contributed by atoms with E-state index in [1.807, 2.05) is 47.1 Å². The van der Waals surface area contributed by atoms with E-state index in [0.717, 1.165) is 24.2 Å². The Labute approximate surface area is 154 Å². The second-order valence-corrected chi connectivity index (χ2v) is 7.45. The van der Waals surface area contributed by atoms with E-state index >= 15 is 0 Å². The molecule has 2 unspecified atom stereocenters. The van der Waals surface area contributed by atoms with Crippen molar-refractivity contribution >= 4 is 5.91 Å². The van der Waals surface area contributed by atoms with Gasteiger partial charge in [-0.15, -0.1) is 0 Å². The molecule has 0 spiro atoms. The van der Waals surface area contributed by atoms with Crippen LogP contribution in [0, 0.1) is 0 Å². The molecule has 2 bridgehead atoms. The Balaban J connectivity index is 1.40. The molecule has 6 nitrogen and oxygen atoms in total. The van der Waals surface area contributed by atoms with Crippen LogP contribution in [0.5, 0.6) is 5.75 Å². The van der Waals surface area contributed by atoms with Gasteiger partial charge in [-0.2, -0.15) is 5.10 Å². The van der Waals surface area contributed by atoms with Crippen molar-refractivity contribution in [3.63, 3.8) is 0 Å². The predicted octanol–water partition coefficient (Wildman–Crippen LogP) is 2.29. The molecule has 3 heterocycles. The molecule has 4 rings (SSSR count). The molecule has 2 aromatic rings. The minimum atomic E-state index is 0.0669. The van der Waals surface area contributed by atoms with Gasteiger partial charge in [0.25, 0.3) is 5.91 Å². The summed E-state index contributed by atoms with van der Waals surface area (Å²) in [5.74, 6) is 0.903. The van der Waals surface area contributed by atoms with Crippen molar-refractivity contribution in [2.24, 2.45) is 0 Å². The monoisotopic (exact) mass is 354 g/mol. The van der Waals surface area contributed by atoms with Gasteiger partial charge in [-0.3, -0.25) is 9.48 Å².